The molecule has 154 valence electrons. The number of hydrogen-bond donors (Lipinski definition) is 0. The average molecular weight is 407 g/mol. The van der Waals surface area contributed by atoms with Gasteiger partial charge in [0.2, 0.25) is 0 Å². The van der Waals surface area contributed by atoms with Crippen molar-refractivity contribution in [3.8, 4) is 0 Å². The standard InChI is InChI=1S/C21H30N2O4S/c1-26-14-13-23(16-20-10-5-9-19-8-3-4-11-21(19)20)28(24,25)22-12-6-7-18(15-22)17-27-2/h3-5,8-11,18H,6-7,12-17H2,1-2H3. The molecule has 1 fully saturated rings. The van der Waals surface area contributed by atoms with Crippen LogP contribution in [0.1, 0.15) is 18.4 Å². The molecule has 0 radical (unpaired) electrons. The first-order valence-electron chi connectivity index (χ1n) is 9.76. The highest BCUT2D eigenvalue weighted by Crippen LogP contribution is 2.25. The molecule has 1 aliphatic rings. The van der Waals surface area contributed by atoms with Crippen molar-refractivity contribution in [1.29, 1.82) is 0 Å². The molecule has 0 aliphatic carbocycles. The van der Waals surface area contributed by atoms with Crippen LogP contribution >= 0.6 is 0 Å². The van der Waals surface area contributed by atoms with Crippen molar-refractivity contribution in [2.75, 3.05) is 47.1 Å². The Morgan fingerprint density at radius 3 is 2.68 bits per heavy atom. The predicted octanol–water partition coefficient (Wildman–Crippen LogP) is 2.89. The van der Waals surface area contributed by atoms with Gasteiger partial charge in [-0.25, -0.2) is 0 Å². The molecule has 0 amide bonds. The maximum atomic E-state index is 13.4. The van der Waals surface area contributed by atoms with Gasteiger partial charge in [-0.05, 0) is 35.1 Å². The van der Waals surface area contributed by atoms with Gasteiger partial charge in [0.25, 0.3) is 10.2 Å². The van der Waals surface area contributed by atoms with Gasteiger partial charge in [-0.3, -0.25) is 0 Å². The van der Waals surface area contributed by atoms with Crippen molar-refractivity contribution in [1.82, 2.24) is 8.61 Å². The smallest absolute Gasteiger partial charge is 0.282 e. The summed E-state index contributed by atoms with van der Waals surface area (Å²) in [4.78, 5) is 0. The molecule has 28 heavy (non-hydrogen) atoms. The third-order valence-corrected chi connectivity index (χ3v) is 7.26. The molecule has 1 saturated heterocycles. The fourth-order valence-corrected chi connectivity index (χ4v) is 5.55. The summed E-state index contributed by atoms with van der Waals surface area (Å²) < 4.78 is 40.5. The zero-order valence-electron chi connectivity index (χ0n) is 16.7. The molecule has 2 aromatic rings. The lowest BCUT2D eigenvalue weighted by atomic mass is 10.0. The minimum atomic E-state index is -3.58. The van der Waals surface area contributed by atoms with Crippen LogP contribution in [-0.2, 0) is 26.2 Å². The summed E-state index contributed by atoms with van der Waals surface area (Å²) in [5.74, 6) is 0.246. The van der Waals surface area contributed by atoms with Gasteiger partial charge in [0.1, 0.15) is 0 Å². The van der Waals surface area contributed by atoms with Crippen LogP contribution in [0.4, 0.5) is 0 Å². The van der Waals surface area contributed by atoms with Crippen LogP contribution in [0.5, 0.6) is 0 Å². The molecule has 0 spiro atoms. The molecule has 0 N–H and O–H groups in total. The molecule has 1 heterocycles. The maximum absolute atomic E-state index is 13.4. The number of piperidine rings is 1. The maximum Gasteiger partial charge on any atom is 0.282 e. The predicted molar refractivity (Wildman–Crippen MR) is 111 cm³/mol. The molecule has 1 unspecified atom stereocenters. The second-order valence-corrected chi connectivity index (χ2v) is 9.22. The molecule has 0 bridgehead atoms. The van der Waals surface area contributed by atoms with Crippen LogP contribution in [0.2, 0.25) is 0 Å². The largest absolute Gasteiger partial charge is 0.384 e. The van der Waals surface area contributed by atoms with Crippen molar-refractivity contribution in [3.05, 3.63) is 48.0 Å². The molecule has 3 rings (SSSR count). The van der Waals surface area contributed by atoms with Crippen LogP contribution in [0.25, 0.3) is 10.8 Å². The Morgan fingerprint density at radius 2 is 1.89 bits per heavy atom. The summed E-state index contributed by atoms with van der Waals surface area (Å²) in [7, 11) is -0.322. The van der Waals surface area contributed by atoms with Gasteiger partial charge < -0.3 is 9.47 Å². The van der Waals surface area contributed by atoms with Gasteiger partial charge in [-0.15, -0.1) is 0 Å². The second kappa shape index (κ2) is 9.80. The summed E-state index contributed by atoms with van der Waals surface area (Å²) in [6.07, 6.45) is 1.86. The van der Waals surface area contributed by atoms with Crippen LogP contribution in [0.3, 0.4) is 0 Å². The van der Waals surface area contributed by atoms with Gasteiger partial charge in [0.05, 0.1) is 13.2 Å². The van der Waals surface area contributed by atoms with E-state index in [2.05, 4.69) is 0 Å². The molecule has 0 aromatic heterocycles. The molecular formula is C21H30N2O4S. The Labute approximate surface area is 168 Å². The van der Waals surface area contributed by atoms with E-state index in [1.54, 1.807) is 22.8 Å². The first-order valence-corrected chi connectivity index (χ1v) is 11.2. The highest BCUT2D eigenvalue weighted by atomic mass is 32.2. The van der Waals surface area contributed by atoms with Crippen molar-refractivity contribution in [3.63, 3.8) is 0 Å². The Morgan fingerprint density at radius 1 is 1.11 bits per heavy atom. The number of fused-ring (bicyclic) bond motifs is 1. The number of nitrogens with zero attached hydrogens (tertiary/aromatic N) is 2. The monoisotopic (exact) mass is 406 g/mol. The molecule has 6 nitrogen and oxygen atoms in total. The fraction of sp³-hybridized carbons (Fsp3) is 0.524. The molecule has 7 heteroatoms. The van der Waals surface area contributed by atoms with E-state index in [4.69, 9.17) is 9.47 Å². The Kier molecular flexibility index (Phi) is 7.42. The van der Waals surface area contributed by atoms with E-state index in [0.29, 0.717) is 39.4 Å². The van der Waals surface area contributed by atoms with E-state index in [0.717, 1.165) is 29.2 Å². The third kappa shape index (κ3) is 4.90. The summed E-state index contributed by atoms with van der Waals surface area (Å²) >= 11 is 0. The van der Waals surface area contributed by atoms with Crippen LogP contribution < -0.4 is 0 Å². The Hall–Kier alpha value is -1.51. The fourth-order valence-electron chi connectivity index (χ4n) is 3.86. The minimum Gasteiger partial charge on any atom is -0.384 e. The van der Waals surface area contributed by atoms with Crippen molar-refractivity contribution >= 4 is 21.0 Å². The summed E-state index contributed by atoms with van der Waals surface area (Å²) in [6, 6.07) is 14.1. The quantitative estimate of drug-likeness (QED) is 0.643. The third-order valence-electron chi connectivity index (χ3n) is 5.31. The lowest BCUT2D eigenvalue weighted by molar-refractivity contribution is 0.114. The molecule has 1 atom stereocenters. The number of hydrogen-bond acceptors (Lipinski definition) is 4. The van der Waals surface area contributed by atoms with Crippen molar-refractivity contribution in [2.45, 2.75) is 19.4 Å². The lowest BCUT2D eigenvalue weighted by Crippen LogP contribution is -2.49. The minimum absolute atomic E-state index is 0.246. The summed E-state index contributed by atoms with van der Waals surface area (Å²) in [5, 5.41) is 2.20. The normalized spacial score (nSPS) is 18.8. The topological polar surface area (TPSA) is 59.1 Å². The van der Waals surface area contributed by atoms with Gasteiger partial charge in [0.15, 0.2) is 0 Å². The van der Waals surface area contributed by atoms with Crippen LogP contribution in [0.15, 0.2) is 42.5 Å². The molecule has 0 saturated carbocycles. The van der Waals surface area contributed by atoms with Crippen molar-refractivity contribution < 1.29 is 17.9 Å². The second-order valence-electron chi connectivity index (χ2n) is 7.29. The van der Waals surface area contributed by atoms with Crippen molar-refractivity contribution in [2.24, 2.45) is 5.92 Å². The first kappa shape index (κ1) is 21.2. The van der Waals surface area contributed by atoms with E-state index < -0.39 is 10.2 Å². The van der Waals surface area contributed by atoms with E-state index >= 15 is 0 Å². The summed E-state index contributed by atoms with van der Waals surface area (Å²) in [6.45, 7) is 2.68. The number of rotatable bonds is 9. The van der Waals surface area contributed by atoms with Gasteiger partial charge in [-0.2, -0.15) is 17.0 Å². The summed E-state index contributed by atoms with van der Waals surface area (Å²) in [5.41, 5.74) is 1.00. The SMILES string of the molecule is COCCN(Cc1cccc2ccccc12)S(=O)(=O)N1CCCC(COC)C1. The lowest BCUT2D eigenvalue weighted by Gasteiger charge is -2.35. The number of benzene rings is 2. The van der Waals surface area contributed by atoms with E-state index in [-0.39, 0.29) is 5.92 Å². The molecule has 2 aromatic carbocycles. The number of methoxy groups -OCH3 is 2. The van der Waals surface area contributed by atoms with E-state index in [1.807, 2.05) is 42.5 Å². The Balaban J connectivity index is 1.86. The van der Waals surface area contributed by atoms with E-state index in [1.165, 1.54) is 0 Å². The average Bonchev–Trinajstić information content (AvgIpc) is 2.71. The first-order chi connectivity index (χ1) is 13.6. The van der Waals surface area contributed by atoms with Gasteiger partial charge >= 0.3 is 0 Å². The highest BCUT2D eigenvalue weighted by molar-refractivity contribution is 7.86. The molecule has 1 aliphatic heterocycles. The van der Waals surface area contributed by atoms with Gasteiger partial charge in [-0.1, -0.05) is 42.5 Å². The van der Waals surface area contributed by atoms with E-state index in [9.17, 15) is 8.42 Å². The number of ether oxygens (including phenoxy) is 2. The Bertz CT molecular complexity index is 864. The van der Waals surface area contributed by atoms with Gasteiger partial charge in [0, 0.05) is 40.4 Å². The zero-order chi connectivity index (χ0) is 20.0. The highest BCUT2D eigenvalue weighted by Gasteiger charge is 2.33. The zero-order valence-corrected chi connectivity index (χ0v) is 17.5. The van der Waals surface area contributed by atoms with Crippen LogP contribution in [-0.4, -0.2) is 64.1 Å². The van der Waals surface area contributed by atoms with Crippen LogP contribution in [0, 0.1) is 5.92 Å². The molecular weight excluding hydrogens is 376 g/mol.